The van der Waals surface area contributed by atoms with Crippen LogP contribution in [0.5, 0.6) is 0 Å². The molecule has 8 heteroatoms. The zero-order valence-corrected chi connectivity index (χ0v) is 12.2. The van der Waals surface area contributed by atoms with Crippen LogP contribution in [0.1, 0.15) is 37.3 Å². The standard InChI is InChI=1S/C13H17N5O2S/c14-21(19,20)12-8-15-6-5-10(12)16-13-7-11(17-18-13)9-3-1-2-4-9/h5-9H,1-4H2,(H2,14,19,20)(H2,15,16,17,18). The van der Waals surface area contributed by atoms with E-state index in [4.69, 9.17) is 5.14 Å². The van der Waals surface area contributed by atoms with Crippen LogP contribution in [-0.4, -0.2) is 23.6 Å². The van der Waals surface area contributed by atoms with E-state index in [-0.39, 0.29) is 4.90 Å². The van der Waals surface area contributed by atoms with Gasteiger partial charge in [0.1, 0.15) is 4.90 Å². The average molecular weight is 307 g/mol. The second-order valence-electron chi connectivity index (χ2n) is 5.23. The molecule has 0 atom stereocenters. The van der Waals surface area contributed by atoms with Gasteiger partial charge >= 0.3 is 0 Å². The maximum Gasteiger partial charge on any atom is 0.241 e. The van der Waals surface area contributed by atoms with Crippen molar-refractivity contribution in [2.75, 3.05) is 5.32 Å². The Morgan fingerprint density at radius 2 is 2.10 bits per heavy atom. The number of nitrogens with two attached hydrogens (primary N) is 1. The topological polar surface area (TPSA) is 114 Å². The number of pyridine rings is 1. The van der Waals surface area contributed by atoms with Crippen LogP contribution in [0.4, 0.5) is 11.5 Å². The lowest BCUT2D eigenvalue weighted by molar-refractivity contribution is 0.597. The fourth-order valence-corrected chi connectivity index (χ4v) is 3.33. The number of rotatable bonds is 4. The van der Waals surface area contributed by atoms with Crippen LogP contribution in [0.15, 0.2) is 29.4 Å². The van der Waals surface area contributed by atoms with Crippen LogP contribution in [0.2, 0.25) is 0 Å². The van der Waals surface area contributed by atoms with Crippen molar-refractivity contribution in [3.05, 3.63) is 30.2 Å². The summed E-state index contributed by atoms with van der Waals surface area (Å²) in [6.07, 6.45) is 7.54. The summed E-state index contributed by atoms with van der Waals surface area (Å²) < 4.78 is 23.1. The molecule has 0 bridgehead atoms. The van der Waals surface area contributed by atoms with Crippen molar-refractivity contribution in [2.45, 2.75) is 36.5 Å². The summed E-state index contributed by atoms with van der Waals surface area (Å²) in [4.78, 5) is 3.75. The Morgan fingerprint density at radius 1 is 1.33 bits per heavy atom. The SMILES string of the molecule is NS(=O)(=O)c1cnccc1Nc1cc(C2CCCC2)[nH]n1. The molecule has 1 aliphatic carbocycles. The number of aromatic nitrogens is 3. The van der Waals surface area contributed by atoms with E-state index in [1.807, 2.05) is 6.07 Å². The number of aromatic amines is 1. The van der Waals surface area contributed by atoms with E-state index in [0.717, 1.165) is 5.69 Å². The summed E-state index contributed by atoms with van der Waals surface area (Å²) in [6.45, 7) is 0. The molecule has 2 aromatic heterocycles. The summed E-state index contributed by atoms with van der Waals surface area (Å²) in [5, 5.41) is 15.4. The van der Waals surface area contributed by atoms with Crippen LogP contribution in [0, 0.1) is 0 Å². The molecule has 112 valence electrons. The highest BCUT2D eigenvalue weighted by atomic mass is 32.2. The van der Waals surface area contributed by atoms with E-state index in [2.05, 4.69) is 20.5 Å². The minimum Gasteiger partial charge on any atom is -0.338 e. The quantitative estimate of drug-likeness (QED) is 0.797. The van der Waals surface area contributed by atoms with Gasteiger partial charge in [0.05, 0.1) is 5.69 Å². The van der Waals surface area contributed by atoms with E-state index in [1.165, 1.54) is 38.1 Å². The molecule has 3 rings (SSSR count). The largest absolute Gasteiger partial charge is 0.338 e. The number of hydrogen-bond acceptors (Lipinski definition) is 5. The molecule has 0 aliphatic heterocycles. The molecule has 1 saturated carbocycles. The Balaban J connectivity index is 1.84. The van der Waals surface area contributed by atoms with Gasteiger partial charge in [0.15, 0.2) is 5.82 Å². The molecule has 21 heavy (non-hydrogen) atoms. The Kier molecular flexibility index (Phi) is 3.64. The third-order valence-corrected chi connectivity index (χ3v) is 4.68. The van der Waals surface area contributed by atoms with E-state index in [1.54, 1.807) is 6.07 Å². The lowest BCUT2D eigenvalue weighted by atomic mass is 10.0. The highest BCUT2D eigenvalue weighted by molar-refractivity contribution is 7.89. The van der Waals surface area contributed by atoms with Crippen molar-refractivity contribution in [1.82, 2.24) is 15.2 Å². The van der Waals surface area contributed by atoms with Crippen molar-refractivity contribution in [3.8, 4) is 0 Å². The van der Waals surface area contributed by atoms with Gasteiger partial charge in [0.25, 0.3) is 0 Å². The molecule has 1 fully saturated rings. The second-order valence-corrected chi connectivity index (χ2v) is 6.76. The first kappa shape index (κ1) is 14.0. The van der Waals surface area contributed by atoms with Crippen LogP contribution < -0.4 is 10.5 Å². The fraction of sp³-hybridized carbons (Fsp3) is 0.385. The Labute approximate surface area is 123 Å². The third kappa shape index (κ3) is 3.06. The third-order valence-electron chi connectivity index (χ3n) is 3.75. The fourth-order valence-electron chi connectivity index (χ4n) is 2.69. The molecule has 1 aliphatic rings. The van der Waals surface area contributed by atoms with Crippen LogP contribution in [-0.2, 0) is 10.0 Å². The maximum atomic E-state index is 11.5. The van der Waals surface area contributed by atoms with Crippen molar-refractivity contribution in [2.24, 2.45) is 5.14 Å². The predicted octanol–water partition coefficient (Wildman–Crippen LogP) is 1.85. The lowest BCUT2D eigenvalue weighted by Crippen LogP contribution is -2.14. The van der Waals surface area contributed by atoms with Gasteiger partial charge in [0, 0.05) is 30.1 Å². The number of anilines is 2. The number of nitrogens with one attached hydrogen (secondary N) is 2. The summed E-state index contributed by atoms with van der Waals surface area (Å²) in [5.74, 6) is 1.09. The normalized spacial score (nSPS) is 16.2. The molecule has 4 N–H and O–H groups in total. The summed E-state index contributed by atoms with van der Waals surface area (Å²) in [6, 6.07) is 3.48. The molecule has 2 heterocycles. The highest BCUT2D eigenvalue weighted by Crippen LogP contribution is 2.34. The van der Waals surface area contributed by atoms with E-state index in [9.17, 15) is 8.42 Å². The number of hydrogen-bond donors (Lipinski definition) is 3. The monoisotopic (exact) mass is 307 g/mol. The lowest BCUT2D eigenvalue weighted by Gasteiger charge is -2.07. The molecular formula is C13H17N5O2S. The number of H-pyrrole nitrogens is 1. The van der Waals surface area contributed by atoms with E-state index in [0.29, 0.717) is 17.4 Å². The minimum absolute atomic E-state index is 0.0459. The molecule has 2 aromatic rings. The number of primary sulfonamides is 1. The van der Waals surface area contributed by atoms with Gasteiger partial charge in [-0.05, 0) is 18.9 Å². The van der Waals surface area contributed by atoms with Gasteiger partial charge in [0.2, 0.25) is 10.0 Å². The van der Waals surface area contributed by atoms with Gasteiger partial charge in [-0.3, -0.25) is 10.1 Å². The Bertz CT molecular complexity index is 735. The van der Waals surface area contributed by atoms with Gasteiger partial charge in [-0.25, -0.2) is 13.6 Å². The van der Waals surface area contributed by atoms with Crippen LogP contribution in [0.25, 0.3) is 0 Å². The smallest absolute Gasteiger partial charge is 0.241 e. The average Bonchev–Trinajstić information content (AvgIpc) is 3.08. The number of nitrogens with zero attached hydrogens (tertiary/aromatic N) is 2. The van der Waals surface area contributed by atoms with Crippen molar-refractivity contribution < 1.29 is 8.42 Å². The second kappa shape index (κ2) is 5.45. The van der Waals surface area contributed by atoms with Gasteiger partial charge < -0.3 is 5.32 Å². The van der Waals surface area contributed by atoms with Gasteiger partial charge in [-0.15, -0.1) is 0 Å². The minimum atomic E-state index is -3.83. The highest BCUT2D eigenvalue weighted by Gasteiger charge is 2.20. The summed E-state index contributed by atoms with van der Waals surface area (Å²) in [5.41, 5.74) is 1.46. The van der Waals surface area contributed by atoms with Gasteiger partial charge in [-0.2, -0.15) is 5.10 Å². The molecule has 0 unspecified atom stereocenters. The number of sulfonamides is 1. The van der Waals surface area contributed by atoms with Crippen molar-refractivity contribution in [1.29, 1.82) is 0 Å². The molecule has 0 saturated heterocycles. The maximum absolute atomic E-state index is 11.5. The first-order valence-corrected chi connectivity index (χ1v) is 8.38. The Morgan fingerprint density at radius 3 is 2.81 bits per heavy atom. The predicted molar refractivity (Wildman–Crippen MR) is 78.7 cm³/mol. The van der Waals surface area contributed by atoms with E-state index < -0.39 is 10.0 Å². The summed E-state index contributed by atoms with van der Waals surface area (Å²) in [7, 11) is -3.83. The zero-order chi connectivity index (χ0) is 14.9. The zero-order valence-electron chi connectivity index (χ0n) is 11.4. The van der Waals surface area contributed by atoms with Crippen LogP contribution in [0.3, 0.4) is 0 Å². The summed E-state index contributed by atoms with van der Waals surface area (Å²) >= 11 is 0. The molecule has 0 aromatic carbocycles. The molecule has 0 amide bonds. The first-order valence-electron chi connectivity index (χ1n) is 6.83. The Hall–Kier alpha value is -1.93. The molecular weight excluding hydrogens is 290 g/mol. The van der Waals surface area contributed by atoms with Gasteiger partial charge in [-0.1, -0.05) is 12.8 Å². The molecule has 7 nitrogen and oxygen atoms in total. The van der Waals surface area contributed by atoms with Crippen molar-refractivity contribution in [3.63, 3.8) is 0 Å². The van der Waals surface area contributed by atoms with E-state index >= 15 is 0 Å². The molecule has 0 spiro atoms. The van der Waals surface area contributed by atoms with Crippen LogP contribution >= 0.6 is 0 Å². The molecule has 0 radical (unpaired) electrons. The van der Waals surface area contributed by atoms with Crippen molar-refractivity contribution >= 4 is 21.5 Å². The first-order chi connectivity index (χ1) is 10.0.